The topological polar surface area (TPSA) is 66.4 Å². The minimum absolute atomic E-state index is 0.0483. The third-order valence-electron chi connectivity index (χ3n) is 4.09. The van der Waals surface area contributed by atoms with E-state index in [4.69, 9.17) is 0 Å². The second-order valence-corrected chi connectivity index (χ2v) is 6.42. The summed E-state index contributed by atoms with van der Waals surface area (Å²) < 4.78 is 13.5. The number of rotatable bonds is 3. The Bertz CT molecular complexity index is 568. The summed E-state index contributed by atoms with van der Waals surface area (Å²) in [6, 6.07) is 4.12. The lowest BCUT2D eigenvalue weighted by molar-refractivity contribution is -0.146. The molecule has 1 aromatic rings. The van der Waals surface area contributed by atoms with Gasteiger partial charge < -0.3 is 10.4 Å². The standard InChI is InChI=1S/C15H17BrFNO3/c1-9-5-7-15(8-6-9,14(20)21)18-13(19)10-3-2-4-11(17)12(10)16/h2-4,9H,5-8H2,1H3,(H,18,19)(H,20,21). The average Bonchev–Trinajstić information content (AvgIpc) is 2.44. The van der Waals surface area contributed by atoms with Crippen LogP contribution in [0, 0.1) is 11.7 Å². The molecule has 4 nitrogen and oxygen atoms in total. The van der Waals surface area contributed by atoms with Crippen LogP contribution in [0.5, 0.6) is 0 Å². The Kier molecular flexibility index (Phi) is 4.66. The largest absolute Gasteiger partial charge is 0.480 e. The first kappa shape index (κ1) is 15.9. The minimum atomic E-state index is -1.25. The third-order valence-corrected chi connectivity index (χ3v) is 4.89. The Morgan fingerprint density at radius 2 is 2.00 bits per heavy atom. The first-order valence-electron chi connectivity index (χ1n) is 6.85. The molecule has 6 heteroatoms. The fourth-order valence-electron chi connectivity index (χ4n) is 2.61. The second-order valence-electron chi connectivity index (χ2n) is 5.63. The molecular formula is C15H17BrFNO3. The van der Waals surface area contributed by atoms with Crippen molar-refractivity contribution in [1.29, 1.82) is 0 Å². The molecule has 21 heavy (non-hydrogen) atoms. The van der Waals surface area contributed by atoms with Crippen LogP contribution in [0.15, 0.2) is 22.7 Å². The van der Waals surface area contributed by atoms with Gasteiger partial charge in [-0.05, 0) is 59.7 Å². The van der Waals surface area contributed by atoms with Gasteiger partial charge in [0.2, 0.25) is 0 Å². The molecule has 0 spiro atoms. The van der Waals surface area contributed by atoms with Gasteiger partial charge in [-0.3, -0.25) is 4.79 Å². The van der Waals surface area contributed by atoms with E-state index in [0.717, 1.165) is 12.8 Å². The lowest BCUT2D eigenvalue weighted by atomic mass is 9.77. The number of benzene rings is 1. The molecule has 0 atom stereocenters. The average molecular weight is 358 g/mol. The lowest BCUT2D eigenvalue weighted by Crippen LogP contribution is -2.56. The molecule has 1 saturated carbocycles. The Balaban J connectivity index is 2.23. The van der Waals surface area contributed by atoms with Gasteiger partial charge in [-0.25, -0.2) is 9.18 Å². The van der Waals surface area contributed by atoms with Crippen molar-refractivity contribution in [2.45, 2.75) is 38.1 Å². The van der Waals surface area contributed by atoms with Crippen LogP contribution in [0.25, 0.3) is 0 Å². The number of halogens is 2. The molecule has 0 saturated heterocycles. The zero-order chi connectivity index (χ0) is 15.6. The van der Waals surface area contributed by atoms with Gasteiger partial charge in [-0.2, -0.15) is 0 Å². The molecule has 1 amide bonds. The van der Waals surface area contributed by atoms with Crippen molar-refractivity contribution in [3.63, 3.8) is 0 Å². The molecule has 2 rings (SSSR count). The van der Waals surface area contributed by atoms with Gasteiger partial charge in [0.05, 0.1) is 10.0 Å². The SMILES string of the molecule is CC1CCC(NC(=O)c2cccc(F)c2Br)(C(=O)O)CC1. The maximum atomic E-state index is 13.5. The van der Waals surface area contributed by atoms with Gasteiger partial charge >= 0.3 is 5.97 Å². The summed E-state index contributed by atoms with van der Waals surface area (Å²) >= 11 is 3.03. The summed E-state index contributed by atoms with van der Waals surface area (Å²) in [6.45, 7) is 2.07. The number of carbonyl (C=O) groups is 2. The van der Waals surface area contributed by atoms with Gasteiger partial charge in [0.25, 0.3) is 5.91 Å². The van der Waals surface area contributed by atoms with E-state index in [1.54, 1.807) is 0 Å². The van der Waals surface area contributed by atoms with Gasteiger partial charge in [0, 0.05) is 0 Å². The Labute approximate surface area is 130 Å². The minimum Gasteiger partial charge on any atom is -0.480 e. The summed E-state index contributed by atoms with van der Waals surface area (Å²) in [6.07, 6.45) is 2.28. The van der Waals surface area contributed by atoms with Gasteiger partial charge in [-0.15, -0.1) is 0 Å². The second kappa shape index (κ2) is 6.13. The molecule has 0 aliphatic heterocycles. The molecular weight excluding hydrogens is 341 g/mol. The molecule has 1 fully saturated rings. The van der Waals surface area contributed by atoms with Gasteiger partial charge in [-0.1, -0.05) is 13.0 Å². The van der Waals surface area contributed by atoms with E-state index in [2.05, 4.69) is 28.2 Å². The van der Waals surface area contributed by atoms with Crippen LogP contribution < -0.4 is 5.32 Å². The fraction of sp³-hybridized carbons (Fsp3) is 0.467. The number of aliphatic carboxylic acids is 1. The first-order valence-corrected chi connectivity index (χ1v) is 7.65. The van der Waals surface area contributed by atoms with E-state index in [1.807, 2.05) is 0 Å². The van der Waals surface area contributed by atoms with Crippen LogP contribution in [-0.2, 0) is 4.79 Å². The first-order chi connectivity index (χ1) is 9.85. The van der Waals surface area contributed by atoms with Crippen molar-refractivity contribution in [3.05, 3.63) is 34.1 Å². The Morgan fingerprint density at radius 3 is 2.57 bits per heavy atom. The van der Waals surface area contributed by atoms with Crippen molar-refractivity contribution in [2.75, 3.05) is 0 Å². The van der Waals surface area contributed by atoms with Crippen molar-refractivity contribution < 1.29 is 19.1 Å². The van der Waals surface area contributed by atoms with E-state index in [0.29, 0.717) is 18.8 Å². The number of hydrogen-bond acceptors (Lipinski definition) is 2. The van der Waals surface area contributed by atoms with Gasteiger partial charge in [0.1, 0.15) is 11.4 Å². The summed E-state index contributed by atoms with van der Waals surface area (Å²) in [7, 11) is 0. The van der Waals surface area contributed by atoms with Crippen molar-refractivity contribution in [2.24, 2.45) is 5.92 Å². The maximum Gasteiger partial charge on any atom is 0.329 e. The fourth-order valence-corrected chi connectivity index (χ4v) is 3.06. The van der Waals surface area contributed by atoms with E-state index in [1.165, 1.54) is 18.2 Å². The third kappa shape index (κ3) is 3.26. The molecule has 1 aromatic carbocycles. The monoisotopic (exact) mass is 357 g/mol. The zero-order valence-corrected chi connectivity index (χ0v) is 13.2. The molecule has 0 unspecified atom stereocenters. The molecule has 1 aliphatic rings. The smallest absolute Gasteiger partial charge is 0.329 e. The van der Waals surface area contributed by atoms with E-state index < -0.39 is 23.2 Å². The Morgan fingerprint density at radius 1 is 1.38 bits per heavy atom. The highest BCUT2D eigenvalue weighted by atomic mass is 79.9. The summed E-state index contributed by atoms with van der Waals surface area (Å²) in [5, 5.41) is 12.1. The van der Waals surface area contributed by atoms with Crippen LogP contribution >= 0.6 is 15.9 Å². The molecule has 2 N–H and O–H groups in total. The highest BCUT2D eigenvalue weighted by Gasteiger charge is 2.42. The number of carboxylic acids is 1. The Hall–Kier alpha value is -1.43. The number of amides is 1. The number of carbonyl (C=O) groups excluding carboxylic acids is 1. The van der Waals surface area contributed by atoms with Crippen LogP contribution in [0.1, 0.15) is 43.0 Å². The van der Waals surface area contributed by atoms with Crippen LogP contribution in [-0.4, -0.2) is 22.5 Å². The quantitative estimate of drug-likeness (QED) is 0.871. The van der Waals surface area contributed by atoms with E-state index >= 15 is 0 Å². The highest BCUT2D eigenvalue weighted by molar-refractivity contribution is 9.10. The summed E-state index contributed by atoms with van der Waals surface area (Å²) in [5.74, 6) is -1.70. The van der Waals surface area contributed by atoms with Gasteiger partial charge in [0.15, 0.2) is 0 Å². The van der Waals surface area contributed by atoms with Crippen LogP contribution in [0.3, 0.4) is 0 Å². The summed E-state index contributed by atoms with van der Waals surface area (Å²) in [5.41, 5.74) is -1.15. The summed E-state index contributed by atoms with van der Waals surface area (Å²) in [4.78, 5) is 23.9. The van der Waals surface area contributed by atoms with Crippen molar-refractivity contribution >= 4 is 27.8 Å². The predicted octanol–water partition coefficient (Wildman–Crippen LogP) is 3.35. The zero-order valence-electron chi connectivity index (χ0n) is 11.7. The van der Waals surface area contributed by atoms with E-state index in [9.17, 15) is 19.1 Å². The van der Waals surface area contributed by atoms with Crippen molar-refractivity contribution in [3.8, 4) is 0 Å². The van der Waals surface area contributed by atoms with Crippen LogP contribution in [0.4, 0.5) is 4.39 Å². The molecule has 0 aromatic heterocycles. The predicted molar refractivity (Wildman–Crippen MR) is 79.6 cm³/mol. The normalized spacial score (nSPS) is 25.4. The maximum absolute atomic E-state index is 13.5. The lowest BCUT2D eigenvalue weighted by Gasteiger charge is -2.36. The van der Waals surface area contributed by atoms with Crippen LogP contribution in [0.2, 0.25) is 0 Å². The number of carboxylic acid groups (broad SMARTS) is 1. The molecule has 0 radical (unpaired) electrons. The number of nitrogens with one attached hydrogen (secondary N) is 1. The molecule has 0 heterocycles. The van der Waals surface area contributed by atoms with Crippen molar-refractivity contribution in [1.82, 2.24) is 5.32 Å². The highest BCUT2D eigenvalue weighted by Crippen LogP contribution is 2.33. The molecule has 1 aliphatic carbocycles. The van der Waals surface area contributed by atoms with E-state index in [-0.39, 0.29) is 10.0 Å². The molecule has 0 bridgehead atoms. The molecule has 114 valence electrons. The number of hydrogen-bond donors (Lipinski definition) is 2.